The Labute approximate surface area is 170 Å². The van der Waals surface area contributed by atoms with Crippen LogP contribution in [-0.2, 0) is 4.79 Å². The lowest BCUT2D eigenvalue weighted by Gasteiger charge is -2.22. The summed E-state index contributed by atoms with van der Waals surface area (Å²) in [5, 5.41) is 8.68. The molecule has 0 aliphatic heterocycles. The number of hydrogen-bond acceptors (Lipinski definition) is 2. The SMILES string of the molecule is CCCCCCCCN(CCCCCCCC)CCCCCCCC(=O)O. The van der Waals surface area contributed by atoms with Crippen molar-refractivity contribution in [1.29, 1.82) is 0 Å². The summed E-state index contributed by atoms with van der Waals surface area (Å²) in [6, 6.07) is 0. The van der Waals surface area contributed by atoms with Gasteiger partial charge in [0.05, 0.1) is 0 Å². The van der Waals surface area contributed by atoms with Crippen molar-refractivity contribution >= 4 is 5.97 Å². The van der Waals surface area contributed by atoms with Crippen LogP contribution in [0.3, 0.4) is 0 Å². The lowest BCUT2D eigenvalue weighted by molar-refractivity contribution is -0.137. The summed E-state index contributed by atoms with van der Waals surface area (Å²) in [6.07, 6.45) is 22.5. The van der Waals surface area contributed by atoms with E-state index in [9.17, 15) is 4.79 Å². The van der Waals surface area contributed by atoms with E-state index < -0.39 is 5.97 Å². The van der Waals surface area contributed by atoms with E-state index in [1.165, 1.54) is 116 Å². The molecule has 27 heavy (non-hydrogen) atoms. The van der Waals surface area contributed by atoms with Gasteiger partial charge in [-0.05, 0) is 45.3 Å². The van der Waals surface area contributed by atoms with E-state index in [0.29, 0.717) is 6.42 Å². The van der Waals surface area contributed by atoms with Crippen molar-refractivity contribution in [2.24, 2.45) is 0 Å². The Kier molecular flexibility index (Phi) is 21.3. The molecule has 3 heteroatoms. The Balaban J connectivity index is 3.81. The van der Waals surface area contributed by atoms with Crippen LogP contribution in [0.4, 0.5) is 0 Å². The zero-order valence-corrected chi connectivity index (χ0v) is 18.7. The highest BCUT2D eigenvalue weighted by molar-refractivity contribution is 5.66. The average molecular weight is 384 g/mol. The summed E-state index contributed by atoms with van der Waals surface area (Å²) in [7, 11) is 0. The van der Waals surface area contributed by atoms with Crippen molar-refractivity contribution in [3.05, 3.63) is 0 Å². The van der Waals surface area contributed by atoms with Crippen molar-refractivity contribution in [2.75, 3.05) is 19.6 Å². The first-order valence-electron chi connectivity index (χ1n) is 12.1. The molecule has 0 amide bonds. The Morgan fingerprint density at radius 3 is 1.26 bits per heavy atom. The van der Waals surface area contributed by atoms with Gasteiger partial charge in [0.25, 0.3) is 0 Å². The fraction of sp³-hybridized carbons (Fsp3) is 0.958. The molecule has 0 rings (SSSR count). The molecule has 0 aromatic heterocycles. The Hall–Kier alpha value is -0.570. The molecule has 0 aliphatic rings. The molecule has 0 bridgehead atoms. The van der Waals surface area contributed by atoms with Crippen LogP contribution in [0.5, 0.6) is 0 Å². The Morgan fingerprint density at radius 2 is 0.889 bits per heavy atom. The molecular weight excluding hydrogens is 334 g/mol. The molecule has 0 aromatic rings. The van der Waals surface area contributed by atoms with Gasteiger partial charge in [-0.25, -0.2) is 0 Å². The van der Waals surface area contributed by atoms with Gasteiger partial charge < -0.3 is 10.0 Å². The highest BCUT2D eigenvalue weighted by atomic mass is 16.4. The number of nitrogens with zero attached hydrogens (tertiary/aromatic N) is 1. The van der Waals surface area contributed by atoms with E-state index in [2.05, 4.69) is 18.7 Å². The molecule has 0 saturated carbocycles. The largest absolute Gasteiger partial charge is 0.481 e. The molecular formula is C24H49NO2. The Bertz CT molecular complexity index is 291. The van der Waals surface area contributed by atoms with Crippen molar-refractivity contribution in [1.82, 2.24) is 4.90 Å². The minimum absolute atomic E-state index is 0.336. The third kappa shape index (κ3) is 21.6. The quantitative estimate of drug-likeness (QED) is 0.197. The smallest absolute Gasteiger partial charge is 0.303 e. The van der Waals surface area contributed by atoms with E-state index in [0.717, 1.165) is 12.8 Å². The standard InChI is InChI=1S/C24H49NO2/c1-3-5-7-9-13-17-21-25(22-18-14-10-8-6-4-2)23-19-15-11-12-16-20-24(26)27/h3-23H2,1-2H3,(H,26,27). The molecule has 0 heterocycles. The van der Waals surface area contributed by atoms with E-state index in [-0.39, 0.29) is 0 Å². The predicted molar refractivity (Wildman–Crippen MR) is 119 cm³/mol. The maximum Gasteiger partial charge on any atom is 0.303 e. The fourth-order valence-corrected chi connectivity index (χ4v) is 3.71. The van der Waals surface area contributed by atoms with E-state index >= 15 is 0 Å². The molecule has 0 aromatic carbocycles. The normalized spacial score (nSPS) is 11.4. The third-order valence-corrected chi connectivity index (χ3v) is 5.52. The number of carbonyl (C=O) groups is 1. The molecule has 3 nitrogen and oxygen atoms in total. The summed E-state index contributed by atoms with van der Waals surface area (Å²) in [5.74, 6) is -0.654. The van der Waals surface area contributed by atoms with Gasteiger partial charge in [0.2, 0.25) is 0 Å². The first-order chi connectivity index (χ1) is 13.2. The predicted octanol–water partition coefficient (Wildman–Crippen LogP) is 7.43. The maximum atomic E-state index is 10.5. The van der Waals surface area contributed by atoms with E-state index in [1.54, 1.807) is 0 Å². The topological polar surface area (TPSA) is 40.5 Å². The van der Waals surface area contributed by atoms with Gasteiger partial charge >= 0.3 is 5.97 Å². The second-order valence-corrected chi connectivity index (χ2v) is 8.29. The van der Waals surface area contributed by atoms with Crippen LogP contribution in [0, 0.1) is 0 Å². The second-order valence-electron chi connectivity index (χ2n) is 8.29. The number of unbranched alkanes of at least 4 members (excludes halogenated alkanes) is 14. The highest BCUT2D eigenvalue weighted by Gasteiger charge is 2.05. The van der Waals surface area contributed by atoms with E-state index in [1.807, 2.05) is 0 Å². The lowest BCUT2D eigenvalue weighted by Crippen LogP contribution is -2.27. The lowest BCUT2D eigenvalue weighted by atomic mass is 10.1. The summed E-state index contributed by atoms with van der Waals surface area (Å²) < 4.78 is 0. The Morgan fingerprint density at radius 1 is 0.556 bits per heavy atom. The number of hydrogen-bond donors (Lipinski definition) is 1. The second kappa shape index (κ2) is 21.7. The van der Waals surface area contributed by atoms with Crippen LogP contribution in [0.2, 0.25) is 0 Å². The molecule has 162 valence electrons. The molecule has 0 saturated heterocycles. The van der Waals surface area contributed by atoms with Gasteiger partial charge in [0.15, 0.2) is 0 Å². The first-order valence-corrected chi connectivity index (χ1v) is 12.1. The molecule has 0 aliphatic carbocycles. The summed E-state index contributed by atoms with van der Waals surface area (Å²) in [6.45, 7) is 8.36. The summed E-state index contributed by atoms with van der Waals surface area (Å²) in [5.41, 5.74) is 0. The van der Waals surface area contributed by atoms with Crippen molar-refractivity contribution in [3.8, 4) is 0 Å². The number of carboxylic acids is 1. The van der Waals surface area contributed by atoms with Crippen molar-refractivity contribution in [3.63, 3.8) is 0 Å². The average Bonchev–Trinajstić information content (AvgIpc) is 2.65. The highest BCUT2D eigenvalue weighted by Crippen LogP contribution is 2.11. The minimum Gasteiger partial charge on any atom is -0.481 e. The third-order valence-electron chi connectivity index (χ3n) is 5.52. The van der Waals surface area contributed by atoms with Gasteiger partial charge in [-0.1, -0.05) is 97.3 Å². The first kappa shape index (κ1) is 26.4. The van der Waals surface area contributed by atoms with E-state index in [4.69, 9.17) is 5.11 Å². The zero-order chi connectivity index (χ0) is 20.0. The maximum absolute atomic E-state index is 10.5. The number of carboxylic acid groups (broad SMARTS) is 1. The molecule has 0 unspecified atom stereocenters. The van der Waals surface area contributed by atoms with Gasteiger partial charge in [-0.3, -0.25) is 4.79 Å². The van der Waals surface area contributed by atoms with Gasteiger partial charge in [-0.15, -0.1) is 0 Å². The summed E-state index contributed by atoms with van der Waals surface area (Å²) in [4.78, 5) is 13.2. The number of rotatable bonds is 22. The van der Waals surface area contributed by atoms with Gasteiger partial charge in [0, 0.05) is 6.42 Å². The molecule has 0 radical (unpaired) electrons. The van der Waals surface area contributed by atoms with Crippen LogP contribution in [0.15, 0.2) is 0 Å². The van der Waals surface area contributed by atoms with Crippen LogP contribution in [-0.4, -0.2) is 35.6 Å². The molecule has 0 fully saturated rings. The van der Waals surface area contributed by atoms with Crippen LogP contribution < -0.4 is 0 Å². The molecule has 0 atom stereocenters. The van der Waals surface area contributed by atoms with Crippen molar-refractivity contribution in [2.45, 2.75) is 129 Å². The van der Waals surface area contributed by atoms with Crippen molar-refractivity contribution < 1.29 is 9.90 Å². The van der Waals surface area contributed by atoms with Crippen LogP contribution in [0.25, 0.3) is 0 Å². The van der Waals surface area contributed by atoms with Crippen LogP contribution in [0.1, 0.15) is 129 Å². The van der Waals surface area contributed by atoms with Crippen LogP contribution >= 0.6 is 0 Å². The molecule has 0 spiro atoms. The van der Waals surface area contributed by atoms with Gasteiger partial charge in [-0.2, -0.15) is 0 Å². The zero-order valence-electron chi connectivity index (χ0n) is 18.7. The van der Waals surface area contributed by atoms with Gasteiger partial charge in [0.1, 0.15) is 0 Å². The number of aliphatic carboxylic acids is 1. The summed E-state index contributed by atoms with van der Waals surface area (Å²) >= 11 is 0. The molecule has 1 N–H and O–H groups in total. The fourth-order valence-electron chi connectivity index (χ4n) is 3.71. The minimum atomic E-state index is -0.654. The monoisotopic (exact) mass is 383 g/mol.